The molecule has 1 heterocycles. The summed E-state index contributed by atoms with van der Waals surface area (Å²) in [5.74, 6) is -0.456. The van der Waals surface area contributed by atoms with Crippen molar-refractivity contribution in [2.24, 2.45) is 4.99 Å². The van der Waals surface area contributed by atoms with Crippen molar-refractivity contribution >= 4 is 23.2 Å². The second kappa shape index (κ2) is 9.10. The number of benzene rings is 2. The summed E-state index contributed by atoms with van der Waals surface area (Å²) in [5, 5.41) is 12.4. The molecular formula is C25H28FN3O3. The zero-order valence-electron chi connectivity index (χ0n) is 18.2. The van der Waals surface area contributed by atoms with Gasteiger partial charge in [-0.15, -0.1) is 0 Å². The molecule has 1 aliphatic carbocycles. The van der Waals surface area contributed by atoms with Gasteiger partial charge in [0.1, 0.15) is 30.3 Å². The van der Waals surface area contributed by atoms with Gasteiger partial charge >= 0.3 is 0 Å². The SMILES string of the molecule is Cc1cc(NC(=O)CN2C(=O)C(c3ccc(O)cc3)=NC23CCCCCC3)ccc1CF. The molecule has 1 saturated carbocycles. The molecule has 2 aromatic rings. The van der Waals surface area contributed by atoms with Gasteiger partial charge in [-0.25, -0.2) is 4.39 Å². The highest BCUT2D eigenvalue weighted by Crippen LogP contribution is 2.38. The van der Waals surface area contributed by atoms with Gasteiger partial charge in [-0.3, -0.25) is 14.6 Å². The molecule has 4 rings (SSSR count). The Labute approximate surface area is 187 Å². The summed E-state index contributed by atoms with van der Waals surface area (Å²) in [6.07, 6.45) is 5.50. The van der Waals surface area contributed by atoms with Gasteiger partial charge in [0.05, 0.1) is 0 Å². The number of aryl methyl sites for hydroxylation is 1. The molecule has 7 heteroatoms. The summed E-state index contributed by atoms with van der Waals surface area (Å²) >= 11 is 0. The van der Waals surface area contributed by atoms with Crippen molar-refractivity contribution in [1.82, 2.24) is 4.90 Å². The van der Waals surface area contributed by atoms with E-state index in [9.17, 15) is 19.1 Å². The van der Waals surface area contributed by atoms with Crippen molar-refractivity contribution in [3.63, 3.8) is 0 Å². The first-order valence-electron chi connectivity index (χ1n) is 11.1. The first-order chi connectivity index (χ1) is 15.4. The van der Waals surface area contributed by atoms with Crippen LogP contribution in [0.3, 0.4) is 0 Å². The number of aromatic hydroxyl groups is 1. The Kier molecular flexibility index (Phi) is 6.26. The first-order valence-corrected chi connectivity index (χ1v) is 11.1. The fraction of sp³-hybridized carbons (Fsp3) is 0.400. The lowest BCUT2D eigenvalue weighted by molar-refractivity contribution is -0.133. The molecule has 0 unspecified atom stereocenters. The van der Waals surface area contributed by atoms with Crippen LogP contribution in [0.25, 0.3) is 0 Å². The number of rotatable bonds is 5. The normalized spacial score (nSPS) is 17.9. The minimum absolute atomic E-state index is 0.103. The van der Waals surface area contributed by atoms with Gasteiger partial charge in [0, 0.05) is 11.3 Å². The van der Waals surface area contributed by atoms with E-state index in [1.807, 2.05) is 0 Å². The Morgan fingerprint density at radius 3 is 2.44 bits per heavy atom. The molecule has 0 atom stereocenters. The van der Waals surface area contributed by atoms with Crippen LogP contribution in [0.4, 0.5) is 10.1 Å². The van der Waals surface area contributed by atoms with Gasteiger partial charge in [-0.2, -0.15) is 0 Å². The van der Waals surface area contributed by atoms with Gasteiger partial charge < -0.3 is 15.3 Å². The van der Waals surface area contributed by atoms with E-state index < -0.39 is 12.3 Å². The number of carbonyl (C=O) groups excluding carboxylic acids is 2. The Bertz CT molecular complexity index is 1040. The summed E-state index contributed by atoms with van der Waals surface area (Å²) in [6, 6.07) is 11.5. The second-order valence-electron chi connectivity index (χ2n) is 8.62. The third kappa shape index (κ3) is 4.38. The van der Waals surface area contributed by atoms with E-state index in [1.54, 1.807) is 42.2 Å². The number of phenolic OH excluding ortho intramolecular Hbond substituents is 1. The van der Waals surface area contributed by atoms with Crippen LogP contribution in [0.15, 0.2) is 47.5 Å². The van der Waals surface area contributed by atoms with Crippen molar-refractivity contribution in [3.8, 4) is 5.75 Å². The lowest BCUT2D eigenvalue weighted by Crippen LogP contribution is -2.50. The highest BCUT2D eigenvalue weighted by Gasteiger charge is 2.47. The van der Waals surface area contributed by atoms with E-state index in [-0.39, 0.29) is 24.1 Å². The molecule has 0 bridgehead atoms. The Balaban J connectivity index is 1.58. The van der Waals surface area contributed by atoms with Crippen LogP contribution in [-0.4, -0.2) is 39.7 Å². The van der Waals surface area contributed by atoms with Crippen LogP contribution in [0.1, 0.15) is 55.2 Å². The minimum Gasteiger partial charge on any atom is -0.508 e. The number of aliphatic imine (C=N–C) groups is 1. The standard InChI is InChI=1S/C25H28FN3O3/c1-17-14-20(9-6-19(17)15-26)27-22(31)16-29-24(32)23(18-7-10-21(30)11-8-18)28-25(29)12-4-2-3-5-13-25/h6-11,14,30H,2-5,12-13,15-16H2,1H3,(H,27,31). The number of alkyl halides is 1. The van der Waals surface area contributed by atoms with E-state index >= 15 is 0 Å². The molecule has 2 amide bonds. The summed E-state index contributed by atoms with van der Waals surface area (Å²) in [5.41, 5.74) is 2.18. The molecule has 0 aromatic heterocycles. The fourth-order valence-electron chi connectivity index (χ4n) is 4.60. The molecular weight excluding hydrogens is 409 g/mol. The Morgan fingerprint density at radius 2 is 1.81 bits per heavy atom. The maximum atomic E-state index is 13.4. The summed E-state index contributed by atoms with van der Waals surface area (Å²) in [6.45, 7) is 1.14. The predicted molar refractivity (Wildman–Crippen MR) is 121 cm³/mol. The molecule has 1 aliphatic heterocycles. The van der Waals surface area contributed by atoms with Crippen molar-refractivity contribution in [3.05, 3.63) is 59.2 Å². The Morgan fingerprint density at radius 1 is 1.12 bits per heavy atom. The molecule has 1 fully saturated rings. The Hall–Kier alpha value is -3.22. The van der Waals surface area contributed by atoms with Crippen molar-refractivity contribution in [2.75, 3.05) is 11.9 Å². The average molecular weight is 438 g/mol. The van der Waals surface area contributed by atoms with E-state index in [2.05, 4.69) is 5.32 Å². The van der Waals surface area contributed by atoms with Gasteiger partial charge in [0.15, 0.2) is 0 Å². The molecule has 32 heavy (non-hydrogen) atoms. The highest BCUT2D eigenvalue weighted by atomic mass is 19.1. The highest BCUT2D eigenvalue weighted by molar-refractivity contribution is 6.47. The zero-order valence-corrected chi connectivity index (χ0v) is 18.2. The molecule has 2 N–H and O–H groups in total. The number of carbonyl (C=O) groups is 2. The molecule has 6 nitrogen and oxygen atoms in total. The fourth-order valence-corrected chi connectivity index (χ4v) is 4.60. The minimum atomic E-state index is -0.716. The van der Waals surface area contributed by atoms with E-state index in [1.165, 1.54) is 12.1 Å². The van der Waals surface area contributed by atoms with Crippen molar-refractivity contribution < 1.29 is 19.1 Å². The van der Waals surface area contributed by atoms with Gasteiger partial charge in [-0.1, -0.05) is 18.9 Å². The van der Waals surface area contributed by atoms with Crippen LogP contribution in [0.5, 0.6) is 5.75 Å². The topological polar surface area (TPSA) is 82.0 Å². The molecule has 2 aliphatic rings. The number of hydrogen-bond donors (Lipinski definition) is 2. The van der Waals surface area contributed by atoms with Crippen molar-refractivity contribution in [1.29, 1.82) is 0 Å². The third-order valence-corrected chi connectivity index (χ3v) is 6.39. The van der Waals surface area contributed by atoms with Crippen LogP contribution in [-0.2, 0) is 16.3 Å². The lowest BCUT2D eigenvalue weighted by Gasteiger charge is -2.35. The first kappa shape index (κ1) is 22.0. The smallest absolute Gasteiger partial charge is 0.275 e. The molecule has 1 spiro atoms. The number of hydrogen-bond acceptors (Lipinski definition) is 4. The van der Waals surface area contributed by atoms with Crippen LogP contribution in [0.2, 0.25) is 0 Å². The number of nitrogens with one attached hydrogen (secondary N) is 1. The second-order valence-corrected chi connectivity index (χ2v) is 8.62. The maximum Gasteiger partial charge on any atom is 0.275 e. The zero-order chi connectivity index (χ0) is 22.7. The maximum absolute atomic E-state index is 13.4. The largest absolute Gasteiger partial charge is 0.508 e. The lowest BCUT2D eigenvalue weighted by atomic mass is 10.00. The van der Waals surface area contributed by atoms with E-state index in [0.29, 0.717) is 22.5 Å². The van der Waals surface area contributed by atoms with Gasteiger partial charge in [0.2, 0.25) is 5.91 Å². The summed E-state index contributed by atoms with van der Waals surface area (Å²) < 4.78 is 13.0. The number of halogens is 1. The number of nitrogens with zero attached hydrogens (tertiary/aromatic N) is 2. The molecule has 2 aromatic carbocycles. The van der Waals surface area contributed by atoms with Crippen LogP contribution < -0.4 is 5.32 Å². The average Bonchev–Trinajstić information content (AvgIpc) is 2.92. The number of amides is 2. The van der Waals surface area contributed by atoms with E-state index in [4.69, 9.17) is 4.99 Å². The number of phenols is 1. The van der Waals surface area contributed by atoms with Crippen molar-refractivity contribution in [2.45, 2.75) is 57.8 Å². The van der Waals surface area contributed by atoms with Gasteiger partial charge in [-0.05, 0) is 80.1 Å². The monoisotopic (exact) mass is 437 g/mol. The van der Waals surface area contributed by atoms with E-state index in [0.717, 1.165) is 44.1 Å². The molecule has 0 radical (unpaired) electrons. The number of anilines is 1. The summed E-state index contributed by atoms with van der Waals surface area (Å²) in [7, 11) is 0. The van der Waals surface area contributed by atoms with Crippen LogP contribution >= 0.6 is 0 Å². The quantitative estimate of drug-likeness (QED) is 0.723. The summed E-state index contributed by atoms with van der Waals surface area (Å²) in [4.78, 5) is 32.8. The molecule has 168 valence electrons. The van der Waals surface area contributed by atoms with Crippen LogP contribution in [0, 0.1) is 6.92 Å². The predicted octanol–water partition coefficient (Wildman–Crippen LogP) is 4.49. The third-order valence-electron chi connectivity index (χ3n) is 6.39. The van der Waals surface area contributed by atoms with Gasteiger partial charge in [0.25, 0.3) is 5.91 Å². The molecule has 0 saturated heterocycles.